The summed E-state index contributed by atoms with van der Waals surface area (Å²) in [6.07, 6.45) is 1.65. The van der Waals surface area contributed by atoms with Gasteiger partial charge in [-0.05, 0) is 44.5 Å². The molecule has 0 saturated heterocycles. The van der Waals surface area contributed by atoms with Crippen molar-refractivity contribution in [3.63, 3.8) is 0 Å². The van der Waals surface area contributed by atoms with Gasteiger partial charge in [0.05, 0.1) is 11.9 Å². The maximum Gasteiger partial charge on any atom is 0.255 e. The van der Waals surface area contributed by atoms with E-state index in [0.29, 0.717) is 11.3 Å². The molecule has 1 aromatic carbocycles. The average Bonchev–Trinajstić information content (AvgIpc) is 2.41. The van der Waals surface area contributed by atoms with E-state index in [4.69, 9.17) is 0 Å². The highest BCUT2D eigenvalue weighted by Crippen LogP contribution is 2.14. The minimum Gasteiger partial charge on any atom is -0.370 e. The van der Waals surface area contributed by atoms with Crippen molar-refractivity contribution in [2.75, 3.05) is 17.2 Å². The van der Waals surface area contributed by atoms with Gasteiger partial charge in [-0.25, -0.2) is 4.98 Å². The third-order valence-electron chi connectivity index (χ3n) is 3.01. The lowest BCUT2D eigenvalue weighted by molar-refractivity contribution is 0.102. The van der Waals surface area contributed by atoms with Crippen LogP contribution in [0.5, 0.6) is 0 Å². The lowest BCUT2D eigenvalue weighted by Crippen LogP contribution is -2.13. The van der Waals surface area contributed by atoms with Crippen LogP contribution in [0.4, 0.5) is 11.5 Å². The van der Waals surface area contributed by atoms with Crippen molar-refractivity contribution in [2.45, 2.75) is 20.8 Å². The van der Waals surface area contributed by atoms with Crippen LogP contribution in [0.25, 0.3) is 0 Å². The Kier molecular flexibility index (Phi) is 4.35. The van der Waals surface area contributed by atoms with Crippen LogP contribution < -0.4 is 10.6 Å². The molecule has 1 heterocycles. The predicted molar refractivity (Wildman–Crippen MR) is 82.3 cm³/mol. The number of rotatable bonds is 4. The van der Waals surface area contributed by atoms with Crippen LogP contribution in [0, 0.1) is 13.8 Å². The summed E-state index contributed by atoms with van der Waals surface area (Å²) in [5.41, 5.74) is 3.50. The van der Waals surface area contributed by atoms with Gasteiger partial charge in [-0.2, -0.15) is 0 Å². The number of benzene rings is 1. The smallest absolute Gasteiger partial charge is 0.255 e. The summed E-state index contributed by atoms with van der Waals surface area (Å²) in [5, 5.41) is 5.97. The van der Waals surface area contributed by atoms with Crippen LogP contribution in [0.15, 0.2) is 36.5 Å². The van der Waals surface area contributed by atoms with Crippen LogP contribution in [0.1, 0.15) is 28.4 Å². The summed E-state index contributed by atoms with van der Waals surface area (Å²) >= 11 is 0. The summed E-state index contributed by atoms with van der Waals surface area (Å²) in [5.74, 6) is 0.692. The quantitative estimate of drug-likeness (QED) is 0.894. The van der Waals surface area contributed by atoms with E-state index in [0.717, 1.165) is 23.5 Å². The minimum atomic E-state index is -0.111. The van der Waals surface area contributed by atoms with Crippen LogP contribution in [0.3, 0.4) is 0 Å². The molecule has 0 fully saturated rings. The van der Waals surface area contributed by atoms with E-state index in [2.05, 4.69) is 15.6 Å². The van der Waals surface area contributed by atoms with E-state index in [1.54, 1.807) is 6.20 Å². The predicted octanol–water partition coefficient (Wildman–Crippen LogP) is 3.38. The van der Waals surface area contributed by atoms with Crippen LogP contribution >= 0.6 is 0 Å². The van der Waals surface area contributed by atoms with Gasteiger partial charge in [0, 0.05) is 12.1 Å². The van der Waals surface area contributed by atoms with Crippen molar-refractivity contribution >= 4 is 17.4 Å². The largest absolute Gasteiger partial charge is 0.370 e. The Hall–Kier alpha value is -2.36. The van der Waals surface area contributed by atoms with Gasteiger partial charge in [-0.3, -0.25) is 4.79 Å². The van der Waals surface area contributed by atoms with Crippen molar-refractivity contribution in [1.82, 2.24) is 4.98 Å². The van der Waals surface area contributed by atoms with Gasteiger partial charge in [0.15, 0.2) is 0 Å². The number of amides is 1. The van der Waals surface area contributed by atoms with E-state index < -0.39 is 0 Å². The molecule has 0 aliphatic heterocycles. The molecule has 0 radical (unpaired) electrons. The first-order chi connectivity index (χ1) is 9.60. The zero-order valence-electron chi connectivity index (χ0n) is 12.0. The van der Waals surface area contributed by atoms with Crippen molar-refractivity contribution in [3.05, 3.63) is 53.2 Å². The van der Waals surface area contributed by atoms with E-state index in [1.807, 2.05) is 51.1 Å². The molecule has 2 rings (SSSR count). The Morgan fingerprint density at radius 1 is 1.20 bits per heavy atom. The lowest BCUT2D eigenvalue weighted by atomic mass is 10.1. The van der Waals surface area contributed by atoms with Crippen LogP contribution in [0.2, 0.25) is 0 Å². The SMILES string of the molecule is CCNc1ccc(NC(=O)c2ccc(C)cc2C)cn1. The van der Waals surface area contributed by atoms with Crippen LogP contribution in [-0.4, -0.2) is 17.4 Å². The zero-order chi connectivity index (χ0) is 14.5. The van der Waals surface area contributed by atoms with E-state index in [-0.39, 0.29) is 5.91 Å². The number of hydrogen-bond acceptors (Lipinski definition) is 3. The van der Waals surface area contributed by atoms with E-state index in [1.165, 1.54) is 0 Å². The third kappa shape index (κ3) is 3.35. The molecule has 0 aliphatic carbocycles. The van der Waals surface area contributed by atoms with Crippen molar-refractivity contribution < 1.29 is 4.79 Å². The number of nitrogens with zero attached hydrogens (tertiary/aromatic N) is 1. The standard InChI is InChI=1S/C16H19N3O/c1-4-17-15-8-6-13(10-18-15)19-16(20)14-7-5-11(2)9-12(14)3/h5-10H,4H2,1-3H3,(H,17,18)(H,19,20). The average molecular weight is 269 g/mol. The zero-order valence-corrected chi connectivity index (χ0v) is 12.0. The van der Waals surface area contributed by atoms with Crippen molar-refractivity contribution in [1.29, 1.82) is 0 Å². The molecule has 20 heavy (non-hydrogen) atoms. The first-order valence-electron chi connectivity index (χ1n) is 6.68. The minimum absolute atomic E-state index is 0.111. The summed E-state index contributed by atoms with van der Waals surface area (Å²) in [6.45, 7) is 6.78. The molecule has 104 valence electrons. The molecule has 0 unspecified atom stereocenters. The maximum atomic E-state index is 12.2. The molecule has 2 N–H and O–H groups in total. The topological polar surface area (TPSA) is 54.0 Å². The molecule has 0 bridgehead atoms. The number of pyridine rings is 1. The van der Waals surface area contributed by atoms with Gasteiger partial charge < -0.3 is 10.6 Å². The molecular weight excluding hydrogens is 250 g/mol. The van der Waals surface area contributed by atoms with E-state index >= 15 is 0 Å². The fraction of sp³-hybridized carbons (Fsp3) is 0.250. The van der Waals surface area contributed by atoms with E-state index in [9.17, 15) is 4.79 Å². The fourth-order valence-electron chi connectivity index (χ4n) is 2.02. The van der Waals surface area contributed by atoms with Gasteiger partial charge in [-0.1, -0.05) is 17.7 Å². The lowest BCUT2D eigenvalue weighted by Gasteiger charge is -2.09. The second-order valence-corrected chi connectivity index (χ2v) is 4.73. The molecule has 0 atom stereocenters. The Morgan fingerprint density at radius 3 is 2.60 bits per heavy atom. The van der Waals surface area contributed by atoms with Gasteiger partial charge in [0.1, 0.15) is 5.82 Å². The first kappa shape index (κ1) is 14.1. The maximum absolute atomic E-state index is 12.2. The molecule has 4 nitrogen and oxygen atoms in total. The Morgan fingerprint density at radius 2 is 2.00 bits per heavy atom. The molecule has 1 amide bonds. The molecule has 0 aliphatic rings. The molecular formula is C16H19N3O. The van der Waals surface area contributed by atoms with Gasteiger partial charge in [-0.15, -0.1) is 0 Å². The number of hydrogen-bond donors (Lipinski definition) is 2. The van der Waals surface area contributed by atoms with Gasteiger partial charge >= 0.3 is 0 Å². The van der Waals surface area contributed by atoms with Crippen molar-refractivity contribution in [2.24, 2.45) is 0 Å². The number of aromatic nitrogens is 1. The Balaban J connectivity index is 2.11. The normalized spacial score (nSPS) is 10.2. The number of aryl methyl sites for hydroxylation is 2. The second-order valence-electron chi connectivity index (χ2n) is 4.73. The molecule has 1 aromatic heterocycles. The summed E-state index contributed by atoms with van der Waals surface area (Å²) < 4.78 is 0. The Labute approximate surface area is 119 Å². The third-order valence-corrected chi connectivity index (χ3v) is 3.01. The summed E-state index contributed by atoms with van der Waals surface area (Å²) in [6, 6.07) is 9.48. The molecule has 0 spiro atoms. The van der Waals surface area contributed by atoms with Crippen molar-refractivity contribution in [3.8, 4) is 0 Å². The summed E-state index contributed by atoms with van der Waals surface area (Å²) in [4.78, 5) is 16.4. The Bertz CT molecular complexity index is 606. The monoisotopic (exact) mass is 269 g/mol. The number of nitrogens with one attached hydrogen (secondary N) is 2. The number of anilines is 2. The van der Waals surface area contributed by atoms with Crippen LogP contribution in [-0.2, 0) is 0 Å². The highest BCUT2D eigenvalue weighted by atomic mass is 16.1. The first-order valence-corrected chi connectivity index (χ1v) is 6.68. The highest BCUT2D eigenvalue weighted by Gasteiger charge is 2.09. The number of carbonyl (C=O) groups is 1. The summed E-state index contributed by atoms with van der Waals surface area (Å²) in [7, 11) is 0. The highest BCUT2D eigenvalue weighted by molar-refractivity contribution is 6.05. The van der Waals surface area contributed by atoms with Gasteiger partial charge in [0.2, 0.25) is 0 Å². The number of carbonyl (C=O) groups excluding carboxylic acids is 1. The molecule has 2 aromatic rings. The molecule has 4 heteroatoms. The second kappa shape index (κ2) is 6.19. The van der Waals surface area contributed by atoms with Gasteiger partial charge in [0.25, 0.3) is 5.91 Å². The molecule has 0 saturated carbocycles. The fourth-order valence-corrected chi connectivity index (χ4v) is 2.02.